The van der Waals surface area contributed by atoms with Gasteiger partial charge < -0.3 is 10.4 Å². The summed E-state index contributed by atoms with van der Waals surface area (Å²) in [5.41, 5.74) is -0.266. The molecule has 3 nitrogen and oxygen atoms in total. The van der Waals surface area contributed by atoms with Crippen molar-refractivity contribution in [3.05, 3.63) is 29.8 Å². The van der Waals surface area contributed by atoms with Gasteiger partial charge in [0.25, 0.3) is 0 Å². The number of rotatable bonds is 3. The highest BCUT2D eigenvalue weighted by molar-refractivity contribution is 5.97. The molecule has 0 atom stereocenters. The Morgan fingerprint density at radius 2 is 1.72 bits per heavy atom. The third kappa shape index (κ3) is 2.76. The van der Waals surface area contributed by atoms with Crippen LogP contribution in [0.15, 0.2) is 24.3 Å². The van der Waals surface area contributed by atoms with E-state index in [1.54, 1.807) is 0 Å². The predicted molar refractivity (Wildman–Crippen MR) is 52.0 cm³/mol. The maximum atomic E-state index is 12.6. The second kappa shape index (κ2) is 4.89. The van der Waals surface area contributed by atoms with Gasteiger partial charge in [0.05, 0.1) is 6.61 Å². The molecule has 2 N–H and O–H groups in total. The first-order valence-electron chi connectivity index (χ1n) is 4.65. The van der Waals surface area contributed by atoms with E-state index >= 15 is 0 Å². The van der Waals surface area contributed by atoms with Gasteiger partial charge in [0.2, 0.25) is 0 Å². The van der Waals surface area contributed by atoms with Gasteiger partial charge in [-0.2, -0.15) is 22.0 Å². The van der Waals surface area contributed by atoms with Crippen LogP contribution in [-0.2, 0) is 11.4 Å². The van der Waals surface area contributed by atoms with Gasteiger partial charge in [-0.3, -0.25) is 4.79 Å². The average Bonchev–Trinajstić information content (AvgIpc) is 2.28. The van der Waals surface area contributed by atoms with Crippen LogP contribution in [0.4, 0.5) is 27.6 Å². The number of amides is 1. The van der Waals surface area contributed by atoms with Gasteiger partial charge in [-0.25, -0.2) is 0 Å². The lowest BCUT2D eigenvalue weighted by Crippen LogP contribution is -2.47. The molecule has 1 amide bonds. The molecule has 0 fully saturated rings. The van der Waals surface area contributed by atoms with Crippen LogP contribution in [0, 0.1) is 0 Å². The Balaban J connectivity index is 2.95. The van der Waals surface area contributed by atoms with Gasteiger partial charge in [-0.1, -0.05) is 18.2 Å². The van der Waals surface area contributed by atoms with Crippen molar-refractivity contribution in [3.8, 4) is 0 Å². The summed E-state index contributed by atoms with van der Waals surface area (Å²) >= 11 is 0. The molecule has 0 saturated carbocycles. The Bertz CT molecular complexity index is 444. The topological polar surface area (TPSA) is 49.3 Å². The number of aliphatic hydroxyl groups excluding tert-OH is 1. The molecule has 8 heteroatoms. The molecule has 18 heavy (non-hydrogen) atoms. The molecule has 0 aliphatic heterocycles. The molecule has 0 radical (unpaired) electrons. The fraction of sp³-hybridized carbons (Fsp3) is 0.300. The maximum Gasteiger partial charge on any atom is 0.463 e. The molecular formula is C10H8F5NO2. The fourth-order valence-electron chi connectivity index (χ4n) is 1.11. The normalized spacial score (nSPS) is 12.3. The van der Waals surface area contributed by atoms with Crippen molar-refractivity contribution in [3.63, 3.8) is 0 Å². The number of carbonyl (C=O) groups is 1. The summed E-state index contributed by atoms with van der Waals surface area (Å²) in [6.07, 6.45) is -5.97. The number of para-hydroxylation sites is 1. The first-order chi connectivity index (χ1) is 8.20. The predicted octanol–water partition coefficient (Wildman–Crippen LogP) is 2.32. The zero-order valence-electron chi connectivity index (χ0n) is 8.76. The molecule has 0 aliphatic carbocycles. The average molecular weight is 269 g/mol. The Hall–Kier alpha value is -1.70. The van der Waals surface area contributed by atoms with E-state index < -0.39 is 24.6 Å². The van der Waals surface area contributed by atoms with Gasteiger partial charge in [0.15, 0.2) is 0 Å². The van der Waals surface area contributed by atoms with Crippen molar-refractivity contribution in [1.82, 2.24) is 0 Å². The van der Waals surface area contributed by atoms with Crippen LogP contribution in [-0.4, -0.2) is 23.1 Å². The Labute approximate surface area is 98.2 Å². The van der Waals surface area contributed by atoms with E-state index in [4.69, 9.17) is 5.11 Å². The number of halogens is 5. The fourth-order valence-corrected chi connectivity index (χ4v) is 1.11. The number of hydrogen-bond acceptors (Lipinski definition) is 2. The quantitative estimate of drug-likeness (QED) is 0.827. The van der Waals surface area contributed by atoms with Crippen LogP contribution in [0.5, 0.6) is 0 Å². The zero-order chi connectivity index (χ0) is 14.0. The molecule has 0 aromatic heterocycles. The summed E-state index contributed by atoms with van der Waals surface area (Å²) in [5.74, 6) is -7.98. The minimum atomic E-state index is -5.97. The Morgan fingerprint density at radius 1 is 1.17 bits per heavy atom. The lowest BCUT2D eigenvalue weighted by molar-refractivity contribution is -0.267. The van der Waals surface area contributed by atoms with Gasteiger partial charge >= 0.3 is 18.0 Å². The molecular weight excluding hydrogens is 261 g/mol. The van der Waals surface area contributed by atoms with Crippen molar-refractivity contribution in [2.45, 2.75) is 18.7 Å². The molecule has 1 aromatic carbocycles. The first-order valence-corrected chi connectivity index (χ1v) is 4.65. The molecule has 0 aliphatic rings. The van der Waals surface area contributed by atoms with Crippen LogP contribution < -0.4 is 5.32 Å². The van der Waals surface area contributed by atoms with Crippen LogP contribution >= 0.6 is 0 Å². The Kier molecular flexibility index (Phi) is 3.90. The maximum absolute atomic E-state index is 12.6. The number of hydrogen-bond donors (Lipinski definition) is 2. The summed E-state index contributed by atoms with van der Waals surface area (Å²) in [4.78, 5) is 10.9. The summed E-state index contributed by atoms with van der Waals surface area (Å²) in [6, 6.07) is 5.14. The first kappa shape index (κ1) is 14.4. The van der Waals surface area contributed by atoms with Crippen molar-refractivity contribution in [2.24, 2.45) is 0 Å². The number of aliphatic hydroxyl groups is 1. The lowest BCUT2D eigenvalue weighted by Gasteiger charge is -2.19. The molecule has 1 rings (SSSR count). The van der Waals surface area contributed by atoms with Gasteiger partial charge in [0.1, 0.15) is 0 Å². The highest BCUT2D eigenvalue weighted by atomic mass is 19.4. The number of nitrogens with one attached hydrogen (secondary N) is 1. The minimum absolute atomic E-state index is 0.0313. The van der Waals surface area contributed by atoms with Crippen molar-refractivity contribution in [1.29, 1.82) is 0 Å². The van der Waals surface area contributed by atoms with Gasteiger partial charge in [-0.05, 0) is 6.07 Å². The summed E-state index contributed by atoms with van der Waals surface area (Å²) in [6.45, 7) is -0.603. The van der Waals surface area contributed by atoms with Crippen LogP contribution in [0.1, 0.15) is 5.56 Å². The van der Waals surface area contributed by atoms with E-state index in [0.717, 1.165) is 6.07 Å². The lowest BCUT2D eigenvalue weighted by atomic mass is 10.2. The molecule has 100 valence electrons. The van der Waals surface area contributed by atoms with Gasteiger partial charge in [-0.15, -0.1) is 0 Å². The smallest absolute Gasteiger partial charge is 0.392 e. The third-order valence-corrected chi connectivity index (χ3v) is 2.08. The van der Waals surface area contributed by atoms with Crippen molar-refractivity contribution >= 4 is 11.6 Å². The second-order valence-corrected chi connectivity index (χ2v) is 3.34. The monoisotopic (exact) mass is 269 g/mol. The minimum Gasteiger partial charge on any atom is -0.392 e. The van der Waals surface area contributed by atoms with Gasteiger partial charge in [0, 0.05) is 11.3 Å². The summed E-state index contributed by atoms with van der Waals surface area (Å²) in [7, 11) is 0. The number of anilines is 1. The molecule has 1 aromatic rings. The van der Waals surface area contributed by atoms with Crippen LogP contribution in [0.2, 0.25) is 0 Å². The molecule has 0 heterocycles. The van der Waals surface area contributed by atoms with E-state index in [1.165, 1.54) is 23.5 Å². The van der Waals surface area contributed by atoms with E-state index in [-0.39, 0.29) is 11.3 Å². The standard InChI is InChI=1S/C10H8F5NO2/c11-9(12,10(13,14)15)8(18)16-7-4-2-1-3-6(7)5-17/h1-4,17H,5H2,(H,16,18). The molecule has 0 unspecified atom stereocenters. The second-order valence-electron chi connectivity index (χ2n) is 3.34. The van der Waals surface area contributed by atoms with E-state index in [0.29, 0.717) is 0 Å². The number of benzene rings is 1. The largest absolute Gasteiger partial charge is 0.463 e. The zero-order valence-corrected chi connectivity index (χ0v) is 8.76. The highest BCUT2D eigenvalue weighted by Gasteiger charge is 2.63. The molecule has 0 spiro atoms. The SMILES string of the molecule is O=C(Nc1ccccc1CO)C(F)(F)C(F)(F)F. The van der Waals surface area contributed by atoms with Crippen molar-refractivity contribution < 1.29 is 31.9 Å². The number of alkyl halides is 5. The molecule has 0 bridgehead atoms. The Morgan fingerprint density at radius 3 is 2.22 bits per heavy atom. The number of carbonyl (C=O) groups excluding carboxylic acids is 1. The highest BCUT2D eigenvalue weighted by Crippen LogP contribution is 2.36. The van der Waals surface area contributed by atoms with E-state index in [1.807, 2.05) is 0 Å². The summed E-state index contributed by atoms with van der Waals surface area (Å²) < 4.78 is 61.0. The van der Waals surface area contributed by atoms with E-state index in [2.05, 4.69) is 0 Å². The third-order valence-electron chi connectivity index (χ3n) is 2.08. The van der Waals surface area contributed by atoms with Crippen LogP contribution in [0.25, 0.3) is 0 Å². The van der Waals surface area contributed by atoms with Crippen molar-refractivity contribution in [2.75, 3.05) is 5.32 Å². The summed E-state index contributed by atoms with van der Waals surface area (Å²) in [5, 5.41) is 10.3. The molecule has 0 saturated heterocycles. The van der Waals surface area contributed by atoms with E-state index in [9.17, 15) is 26.7 Å². The van der Waals surface area contributed by atoms with Crippen LogP contribution in [0.3, 0.4) is 0 Å².